The molecule has 1 rings (SSSR count). The summed E-state index contributed by atoms with van der Waals surface area (Å²) < 4.78 is 4.82. The van der Waals surface area contributed by atoms with Gasteiger partial charge in [-0.05, 0) is 12.1 Å². The van der Waals surface area contributed by atoms with Gasteiger partial charge in [0.15, 0.2) is 0 Å². The molecule has 0 radical (unpaired) electrons. The predicted molar refractivity (Wildman–Crippen MR) is 45.8 cm³/mol. The van der Waals surface area contributed by atoms with Crippen LogP contribution in [0.15, 0.2) is 30.3 Å². The lowest BCUT2D eigenvalue weighted by Crippen LogP contribution is -2.61. The average molecular weight is 182 g/mol. The van der Waals surface area contributed by atoms with Gasteiger partial charge in [-0.1, -0.05) is 18.2 Å². The highest BCUT2D eigenvalue weighted by molar-refractivity contribution is 5.76. The van der Waals surface area contributed by atoms with Crippen LogP contribution in [0.5, 0.6) is 5.75 Å². The summed E-state index contributed by atoms with van der Waals surface area (Å²) in [6.45, 7) is 0. The van der Waals surface area contributed by atoms with E-state index >= 15 is 0 Å². The maximum absolute atomic E-state index is 10.5. The number of carboxylic acids is 1. The van der Waals surface area contributed by atoms with Crippen LogP contribution in [0, 0.1) is 0 Å². The normalized spacial score (nSPS) is 10.9. The minimum absolute atomic E-state index is 0.315. The van der Waals surface area contributed by atoms with E-state index < -0.39 is 11.8 Å². The zero-order valence-electron chi connectivity index (χ0n) is 6.81. The van der Waals surface area contributed by atoms with Crippen LogP contribution in [-0.2, 0) is 4.79 Å². The minimum Gasteiger partial charge on any atom is -0.476 e. The molecule has 0 fully saturated rings. The molecule has 0 aliphatic rings. The van der Waals surface area contributed by atoms with Crippen LogP contribution in [0.1, 0.15) is 0 Å². The number of carboxylic acid groups (broad SMARTS) is 1. The van der Waals surface area contributed by atoms with E-state index in [1.54, 1.807) is 30.3 Å². The highest BCUT2D eigenvalue weighted by Crippen LogP contribution is 2.11. The van der Waals surface area contributed by atoms with E-state index in [2.05, 4.69) is 0 Å². The second-order valence-electron chi connectivity index (χ2n) is 2.51. The molecule has 0 amide bonds. The van der Waals surface area contributed by atoms with Crippen molar-refractivity contribution >= 4 is 5.97 Å². The van der Waals surface area contributed by atoms with E-state index in [-0.39, 0.29) is 0 Å². The van der Waals surface area contributed by atoms with Crippen molar-refractivity contribution in [2.75, 3.05) is 0 Å². The molecule has 1 aromatic carbocycles. The first-order valence-electron chi connectivity index (χ1n) is 3.57. The van der Waals surface area contributed by atoms with Gasteiger partial charge in [0.1, 0.15) is 5.75 Å². The smallest absolute Gasteiger partial charge is 0.380 e. The standard InChI is InChI=1S/C8H10N2O3/c9-8(10,7(11)12)13-6-4-2-1-3-5-6/h1-5H,9-10H2,(H,11,12). The minimum atomic E-state index is -2.18. The summed E-state index contributed by atoms with van der Waals surface area (Å²) in [5.41, 5.74) is 10.3. The Bertz CT molecular complexity index is 298. The van der Waals surface area contributed by atoms with Crippen molar-refractivity contribution in [2.45, 2.75) is 5.85 Å². The van der Waals surface area contributed by atoms with Gasteiger partial charge in [-0.25, -0.2) is 4.79 Å². The lowest BCUT2D eigenvalue weighted by Gasteiger charge is -2.20. The van der Waals surface area contributed by atoms with Gasteiger partial charge >= 0.3 is 11.8 Å². The Morgan fingerprint density at radius 1 is 1.31 bits per heavy atom. The van der Waals surface area contributed by atoms with Crippen molar-refractivity contribution in [1.29, 1.82) is 0 Å². The van der Waals surface area contributed by atoms with E-state index in [1.165, 1.54) is 0 Å². The maximum atomic E-state index is 10.5. The van der Waals surface area contributed by atoms with Crippen LogP contribution < -0.4 is 16.2 Å². The molecule has 0 aromatic heterocycles. The third kappa shape index (κ3) is 2.43. The maximum Gasteiger partial charge on any atom is 0.380 e. The summed E-state index contributed by atoms with van der Waals surface area (Å²) in [5.74, 6) is -3.28. The summed E-state index contributed by atoms with van der Waals surface area (Å²) in [6.07, 6.45) is 0. The first kappa shape index (κ1) is 9.50. The molecule has 1 aromatic rings. The Morgan fingerprint density at radius 2 is 1.85 bits per heavy atom. The lowest BCUT2D eigenvalue weighted by atomic mass is 10.3. The fraction of sp³-hybridized carbons (Fsp3) is 0.125. The van der Waals surface area contributed by atoms with Crippen LogP contribution in [0.3, 0.4) is 0 Å². The summed E-state index contributed by atoms with van der Waals surface area (Å²) >= 11 is 0. The lowest BCUT2D eigenvalue weighted by molar-refractivity contribution is -0.154. The average Bonchev–Trinajstić information content (AvgIpc) is 2.05. The van der Waals surface area contributed by atoms with Crippen molar-refractivity contribution in [3.8, 4) is 5.75 Å². The Labute approximate surface area is 74.9 Å². The van der Waals surface area contributed by atoms with Crippen molar-refractivity contribution in [2.24, 2.45) is 11.5 Å². The quantitative estimate of drug-likeness (QED) is 0.558. The van der Waals surface area contributed by atoms with Gasteiger partial charge in [-0.15, -0.1) is 0 Å². The molecule has 0 heterocycles. The number of rotatable bonds is 3. The highest BCUT2D eigenvalue weighted by Gasteiger charge is 2.31. The zero-order chi connectivity index (χ0) is 9.90. The van der Waals surface area contributed by atoms with Gasteiger partial charge in [0.2, 0.25) is 0 Å². The van der Waals surface area contributed by atoms with Crippen LogP contribution in [0.4, 0.5) is 0 Å². The number of aliphatic carboxylic acids is 1. The number of carbonyl (C=O) groups is 1. The van der Waals surface area contributed by atoms with E-state index in [1.807, 2.05) is 0 Å². The van der Waals surface area contributed by atoms with Gasteiger partial charge in [0.25, 0.3) is 0 Å². The van der Waals surface area contributed by atoms with Crippen LogP contribution in [0.25, 0.3) is 0 Å². The molecule has 5 N–H and O–H groups in total. The molecule has 70 valence electrons. The van der Waals surface area contributed by atoms with Gasteiger partial charge in [0.05, 0.1) is 0 Å². The van der Waals surface area contributed by atoms with E-state index in [0.717, 1.165) is 0 Å². The number of ether oxygens (including phenoxy) is 1. The van der Waals surface area contributed by atoms with Gasteiger partial charge in [-0.2, -0.15) is 0 Å². The Balaban J connectivity index is 2.75. The van der Waals surface area contributed by atoms with Crippen LogP contribution >= 0.6 is 0 Å². The molecule has 0 saturated carbocycles. The van der Waals surface area contributed by atoms with Crippen molar-refractivity contribution in [3.05, 3.63) is 30.3 Å². The molecule has 0 aliphatic heterocycles. The number of hydrogen-bond donors (Lipinski definition) is 3. The van der Waals surface area contributed by atoms with Crippen LogP contribution in [-0.4, -0.2) is 16.9 Å². The van der Waals surface area contributed by atoms with Crippen molar-refractivity contribution < 1.29 is 14.6 Å². The highest BCUT2D eigenvalue weighted by atomic mass is 16.6. The van der Waals surface area contributed by atoms with E-state index in [0.29, 0.717) is 5.75 Å². The predicted octanol–water partition coefficient (Wildman–Crippen LogP) is -0.279. The summed E-state index contributed by atoms with van der Waals surface area (Å²) in [6, 6.07) is 8.28. The monoisotopic (exact) mass is 182 g/mol. The summed E-state index contributed by atoms with van der Waals surface area (Å²) in [7, 11) is 0. The van der Waals surface area contributed by atoms with E-state index in [9.17, 15) is 4.79 Å². The molecule has 5 heteroatoms. The number of benzene rings is 1. The molecule has 0 bridgehead atoms. The molecule has 0 saturated heterocycles. The fourth-order valence-electron chi connectivity index (χ4n) is 0.727. The molecular weight excluding hydrogens is 172 g/mol. The topological polar surface area (TPSA) is 98.6 Å². The number of para-hydroxylation sites is 1. The molecule has 0 atom stereocenters. The fourth-order valence-corrected chi connectivity index (χ4v) is 0.727. The van der Waals surface area contributed by atoms with Gasteiger partial charge in [0, 0.05) is 0 Å². The second-order valence-corrected chi connectivity index (χ2v) is 2.51. The molecule has 0 aliphatic carbocycles. The summed E-state index contributed by atoms with van der Waals surface area (Å²) in [4.78, 5) is 10.5. The second kappa shape index (κ2) is 3.42. The molecule has 13 heavy (non-hydrogen) atoms. The first-order valence-corrected chi connectivity index (χ1v) is 3.57. The zero-order valence-corrected chi connectivity index (χ0v) is 6.81. The SMILES string of the molecule is NC(N)(Oc1ccccc1)C(=O)O. The van der Waals surface area contributed by atoms with Crippen molar-refractivity contribution in [3.63, 3.8) is 0 Å². The Hall–Kier alpha value is -1.59. The Kier molecular flexibility index (Phi) is 2.50. The number of hydrogen-bond acceptors (Lipinski definition) is 4. The first-order chi connectivity index (χ1) is 6.02. The Morgan fingerprint density at radius 3 is 2.31 bits per heavy atom. The number of nitrogens with two attached hydrogens (primary N) is 2. The van der Waals surface area contributed by atoms with E-state index in [4.69, 9.17) is 21.3 Å². The molecule has 0 unspecified atom stereocenters. The molecular formula is C8H10N2O3. The molecule has 0 spiro atoms. The third-order valence-electron chi connectivity index (χ3n) is 1.36. The van der Waals surface area contributed by atoms with Gasteiger partial charge in [-0.3, -0.25) is 11.5 Å². The van der Waals surface area contributed by atoms with Gasteiger partial charge < -0.3 is 9.84 Å². The summed E-state index contributed by atoms with van der Waals surface area (Å²) in [5, 5.41) is 8.53. The van der Waals surface area contributed by atoms with Crippen LogP contribution in [0.2, 0.25) is 0 Å². The largest absolute Gasteiger partial charge is 0.476 e. The van der Waals surface area contributed by atoms with Crippen molar-refractivity contribution in [1.82, 2.24) is 0 Å². The third-order valence-corrected chi connectivity index (χ3v) is 1.36. The molecule has 5 nitrogen and oxygen atoms in total.